The smallest absolute Gasteiger partial charge is 0.338 e. The van der Waals surface area contributed by atoms with E-state index in [4.69, 9.17) is 9.47 Å². The quantitative estimate of drug-likeness (QED) is 0.616. The average molecular weight is 288 g/mol. The highest BCUT2D eigenvalue weighted by atomic mass is 16.5. The van der Waals surface area contributed by atoms with Crippen molar-refractivity contribution >= 4 is 11.9 Å². The van der Waals surface area contributed by atoms with Crippen molar-refractivity contribution in [2.75, 3.05) is 6.61 Å². The molecule has 2 atom stereocenters. The molecular formula is C17H20O4. The maximum Gasteiger partial charge on any atom is 0.338 e. The predicted molar refractivity (Wildman–Crippen MR) is 78.8 cm³/mol. The Labute approximate surface area is 124 Å². The van der Waals surface area contributed by atoms with E-state index in [0.717, 1.165) is 6.42 Å². The zero-order valence-corrected chi connectivity index (χ0v) is 12.6. The highest BCUT2D eigenvalue weighted by molar-refractivity contribution is 5.89. The van der Waals surface area contributed by atoms with Gasteiger partial charge in [-0.2, -0.15) is 0 Å². The minimum absolute atomic E-state index is 0.0455. The molecule has 4 nitrogen and oxygen atoms in total. The summed E-state index contributed by atoms with van der Waals surface area (Å²) in [6.07, 6.45) is 4.38. The number of rotatable bonds is 5. The predicted octanol–water partition coefficient (Wildman–Crippen LogP) is 3.22. The van der Waals surface area contributed by atoms with Crippen LogP contribution in [0.1, 0.15) is 43.1 Å². The molecule has 1 aromatic carbocycles. The lowest BCUT2D eigenvalue weighted by Gasteiger charge is -2.11. The molecule has 0 aliphatic heterocycles. The Kier molecular flexibility index (Phi) is 4.46. The van der Waals surface area contributed by atoms with Gasteiger partial charge in [0.15, 0.2) is 0 Å². The summed E-state index contributed by atoms with van der Waals surface area (Å²) >= 11 is 0. The zero-order chi connectivity index (χ0) is 15.5. The van der Waals surface area contributed by atoms with Crippen molar-refractivity contribution in [2.24, 2.45) is 5.92 Å². The number of esters is 2. The van der Waals surface area contributed by atoms with E-state index < -0.39 is 0 Å². The first-order valence-electron chi connectivity index (χ1n) is 7.09. The second-order valence-corrected chi connectivity index (χ2v) is 5.46. The molecule has 2 rings (SSSR count). The first kappa shape index (κ1) is 15.3. The second kappa shape index (κ2) is 6.12. The van der Waals surface area contributed by atoms with E-state index in [1.165, 1.54) is 18.7 Å². The van der Waals surface area contributed by atoms with Crippen LogP contribution < -0.4 is 0 Å². The summed E-state index contributed by atoms with van der Waals surface area (Å²) < 4.78 is 9.79. The van der Waals surface area contributed by atoms with Gasteiger partial charge in [0.05, 0.1) is 18.4 Å². The Morgan fingerprint density at radius 2 is 2.00 bits per heavy atom. The van der Waals surface area contributed by atoms with Gasteiger partial charge in [0.2, 0.25) is 0 Å². The summed E-state index contributed by atoms with van der Waals surface area (Å²) in [6.45, 7) is 5.71. The second-order valence-electron chi connectivity index (χ2n) is 5.46. The van der Waals surface area contributed by atoms with E-state index in [0.29, 0.717) is 18.1 Å². The fourth-order valence-electron chi connectivity index (χ4n) is 2.44. The number of hydrogen-bond donors (Lipinski definition) is 0. The van der Waals surface area contributed by atoms with Gasteiger partial charge in [-0.3, -0.25) is 4.79 Å². The van der Waals surface area contributed by atoms with Crippen LogP contribution in [-0.4, -0.2) is 18.5 Å². The number of benzene rings is 1. The maximum atomic E-state index is 11.6. The Bertz CT molecular complexity index is 559. The van der Waals surface area contributed by atoms with Crippen LogP contribution in [-0.2, 0) is 19.7 Å². The van der Waals surface area contributed by atoms with Crippen molar-refractivity contribution < 1.29 is 19.1 Å². The molecule has 1 aromatic rings. The molecule has 1 fully saturated rings. The Morgan fingerprint density at radius 3 is 2.57 bits per heavy atom. The van der Waals surface area contributed by atoms with Crippen molar-refractivity contribution in [1.29, 1.82) is 0 Å². The number of carbonyl (C=O) groups excluding carboxylic acids is 2. The third-order valence-electron chi connectivity index (χ3n) is 3.90. The topological polar surface area (TPSA) is 52.6 Å². The van der Waals surface area contributed by atoms with Gasteiger partial charge < -0.3 is 9.47 Å². The van der Waals surface area contributed by atoms with E-state index in [1.807, 2.05) is 18.2 Å². The van der Waals surface area contributed by atoms with E-state index in [2.05, 4.69) is 6.92 Å². The minimum atomic E-state index is -0.313. The number of carbonyl (C=O) groups is 2. The van der Waals surface area contributed by atoms with Crippen molar-refractivity contribution in [3.63, 3.8) is 0 Å². The van der Waals surface area contributed by atoms with Gasteiger partial charge in [-0.15, -0.1) is 0 Å². The van der Waals surface area contributed by atoms with Crippen molar-refractivity contribution in [3.05, 3.63) is 47.7 Å². The molecule has 112 valence electrons. The van der Waals surface area contributed by atoms with Gasteiger partial charge in [0.25, 0.3) is 0 Å². The van der Waals surface area contributed by atoms with Crippen LogP contribution in [0.25, 0.3) is 0 Å². The molecule has 0 bridgehead atoms. The molecule has 4 heteroatoms. The molecular weight excluding hydrogens is 268 g/mol. The lowest BCUT2D eigenvalue weighted by atomic mass is 9.94. The van der Waals surface area contributed by atoms with E-state index in [-0.39, 0.29) is 17.4 Å². The zero-order valence-electron chi connectivity index (χ0n) is 12.6. The standard InChI is InChI=1S/C17H20O4/c1-4-20-16(19)13-5-7-14(8-6-13)17(3)11-15(17)9-10-21-12(2)18/h5-10,15H,4,11H2,1-3H3/b10-9+/t15-,17+/m0/s1. The maximum absolute atomic E-state index is 11.6. The summed E-state index contributed by atoms with van der Waals surface area (Å²) in [4.78, 5) is 22.3. The molecule has 0 radical (unpaired) electrons. The first-order valence-corrected chi connectivity index (χ1v) is 7.09. The van der Waals surface area contributed by atoms with Crippen LogP contribution in [0.2, 0.25) is 0 Å². The summed E-state index contributed by atoms with van der Waals surface area (Å²) in [7, 11) is 0. The van der Waals surface area contributed by atoms with Crippen LogP contribution in [0.4, 0.5) is 0 Å². The van der Waals surface area contributed by atoms with Gasteiger partial charge in [-0.1, -0.05) is 19.1 Å². The van der Waals surface area contributed by atoms with E-state index in [9.17, 15) is 9.59 Å². The van der Waals surface area contributed by atoms with Crippen molar-refractivity contribution in [1.82, 2.24) is 0 Å². The molecule has 0 amide bonds. The molecule has 1 aliphatic carbocycles. The molecule has 0 unspecified atom stereocenters. The molecule has 0 N–H and O–H groups in total. The van der Waals surface area contributed by atoms with E-state index in [1.54, 1.807) is 19.1 Å². The molecule has 0 spiro atoms. The summed E-state index contributed by atoms with van der Waals surface area (Å²) in [6, 6.07) is 7.52. The molecule has 0 heterocycles. The Morgan fingerprint density at radius 1 is 1.33 bits per heavy atom. The molecule has 1 saturated carbocycles. The average Bonchev–Trinajstić information content (AvgIpc) is 3.11. The molecule has 1 aliphatic rings. The van der Waals surface area contributed by atoms with Crippen molar-refractivity contribution in [2.45, 2.75) is 32.6 Å². The van der Waals surface area contributed by atoms with Gasteiger partial charge in [-0.25, -0.2) is 4.79 Å². The highest BCUT2D eigenvalue weighted by Gasteiger charge is 2.49. The third kappa shape index (κ3) is 3.51. The van der Waals surface area contributed by atoms with Crippen LogP contribution in [0, 0.1) is 5.92 Å². The lowest BCUT2D eigenvalue weighted by molar-refractivity contribution is -0.135. The van der Waals surface area contributed by atoms with Gasteiger partial charge >= 0.3 is 11.9 Å². The summed E-state index contributed by atoms with van der Waals surface area (Å²) in [5, 5.41) is 0. The van der Waals surface area contributed by atoms with Gasteiger partial charge in [0, 0.05) is 6.92 Å². The van der Waals surface area contributed by atoms with Crippen LogP contribution in [0.5, 0.6) is 0 Å². The van der Waals surface area contributed by atoms with E-state index >= 15 is 0 Å². The highest BCUT2D eigenvalue weighted by Crippen LogP contribution is 2.54. The number of allylic oxidation sites excluding steroid dienone is 1. The monoisotopic (exact) mass is 288 g/mol. The summed E-state index contributed by atoms with van der Waals surface area (Å²) in [5.74, 6) is -0.256. The minimum Gasteiger partial charge on any atom is -0.462 e. The number of ether oxygens (including phenoxy) is 2. The van der Waals surface area contributed by atoms with Crippen molar-refractivity contribution in [3.8, 4) is 0 Å². The van der Waals surface area contributed by atoms with Crippen LogP contribution in [0.15, 0.2) is 36.6 Å². The third-order valence-corrected chi connectivity index (χ3v) is 3.90. The number of hydrogen-bond acceptors (Lipinski definition) is 4. The molecule has 0 saturated heterocycles. The fraction of sp³-hybridized carbons (Fsp3) is 0.412. The first-order chi connectivity index (χ1) is 9.97. The molecule has 0 aromatic heterocycles. The fourth-order valence-corrected chi connectivity index (χ4v) is 2.44. The largest absolute Gasteiger partial charge is 0.462 e. The van der Waals surface area contributed by atoms with Crippen LogP contribution in [0.3, 0.4) is 0 Å². The van der Waals surface area contributed by atoms with Gasteiger partial charge in [0.1, 0.15) is 0 Å². The SMILES string of the molecule is CCOC(=O)c1ccc([C@@]2(C)C[C@@H]2/C=C/OC(C)=O)cc1. The molecule has 21 heavy (non-hydrogen) atoms. The lowest BCUT2D eigenvalue weighted by Crippen LogP contribution is -2.07. The normalized spacial score (nSPS) is 23.9. The van der Waals surface area contributed by atoms with Crippen LogP contribution >= 0.6 is 0 Å². The Hall–Kier alpha value is -2.10. The van der Waals surface area contributed by atoms with Gasteiger partial charge in [-0.05, 0) is 48.4 Å². The Balaban J connectivity index is 2.01. The summed E-state index contributed by atoms with van der Waals surface area (Å²) in [5.41, 5.74) is 1.79.